The highest BCUT2D eigenvalue weighted by atomic mass is 79.9. The van der Waals surface area contributed by atoms with Crippen LogP contribution in [0.15, 0.2) is 22.8 Å². The van der Waals surface area contributed by atoms with Gasteiger partial charge in [-0.3, -0.25) is 10.1 Å². The van der Waals surface area contributed by atoms with Crippen molar-refractivity contribution in [1.29, 1.82) is 0 Å². The molecule has 21 heavy (non-hydrogen) atoms. The van der Waals surface area contributed by atoms with Crippen molar-refractivity contribution in [1.82, 2.24) is 9.78 Å². The van der Waals surface area contributed by atoms with Crippen LogP contribution in [-0.2, 0) is 11.5 Å². The number of hydrogen-bond donors (Lipinski definition) is 0. The highest BCUT2D eigenvalue weighted by Crippen LogP contribution is 2.27. The molecular weight excluding hydrogens is 354 g/mol. The van der Waals surface area contributed by atoms with Crippen LogP contribution in [0.25, 0.3) is 10.9 Å². The number of nitro benzene ring substituents is 1. The Morgan fingerprint density at radius 3 is 2.76 bits per heavy atom. The molecule has 0 unspecified atom stereocenters. The van der Waals surface area contributed by atoms with Crippen molar-refractivity contribution >= 4 is 40.6 Å². The normalized spacial score (nSPS) is 12.0. The van der Waals surface area contributed by atoms with Crippen molar-refractivity contribution in [3.63, 3.8) is 0 Å². The highest BCUT2D eigenvalue weighted by Gasteiger charge is 2.15. The molecule has 2 aromatic rings. The molecule has 1 aromatic carbocycles. The molecule has 0 radical (unpaired) electrons. The molecule has 0 fully saturated rings. The van der Waals surface area contributed by atoms with Crippen molar-refractivity contribution in [2.24, 2.45) is 0 Å². The molecule has 0 amide bonds. The summed E-state index contributed by atoms with van der Waals surface area (Å²) in [5.41, 5.74) is 0.878. The summed E-state index contributed by atoms with van der Waals surface area (Å²) in [6.45, 7) is 7.96. The molecule has 0 atom stereocenters. The highest BCUT2D eigenvalue weighted by molar-refractivity contribution is 9.10. The zero-order chi connectivity index (χ0) is 15.6. The van der Waals surface area contributed by atoms with E-state index in [0.29, 0.717) is 17.9 Å². The second-order valence-corrected chi connectivity index (χ2v) is 12.5. The third-order valence-electron chi connectivity index (χ3n) is 3.11. The van der Waals surface area contributed by atoms with Crippen LogP contribution >= 0.6 is 15.9 Å². The standard InChI is InChI=1S/C13H18BrN3O3Si/c1-21(2,3)7-6-20-9-16-12-5-4-10(17(18)19)8-11(12)13(14)15-16/h4-5,8H,6-7,9H2,1-3H3. The van der Waals surface area contributed by atoms with Gasteiger partial charge in [0.15, 0.2) is 0 Å². The first-order valence-corrected chi connectivity index (χ1v) is 11.2. The third kappa shape index (κ3) is 4.11. The van der Waals surface area contributed by atoms with Gasteiger partial charge in [0.05, 0.1) is 10.4 Å². The van der Waals surface area contributed by atoms with E-state index in [1.54, 1.807) is 10.7 Å². The smallest absolute Gasteiger partial charge is 0.270 e. The first kappa shape index (κ1) is 16.1. The van der Waals surface area contributed by atoms with E-state index < -0.39 is 13.0 Å². The zero-order valence-electron chi connectivity index (χ0n) is 12.3. The molecule has 0 aliphatic carbocycles. The van der Waals surface area contributed by atoms with E-state index >= 15 is 0 Å². The van der Waals surface area contributed by atoms with E-state index in [9.17, 15) is 10.1 Å². The molecule has 0 saturated heterocycles. The molecule has 0 saturated carbocycles. The van der Waals surface area contributed by atoms with Crippen LogP contribution in [0.4, 0.5) is 5.69 Å². The average molecular weight is 372 g/mol. The first-order chi connectivity index (χ1) is 9.78. The predicted octanol–water partition coefficient (Wildman–Crippen LogP) is 4.02. The van der Waals surface area contributed by atoms with Crippen LogP contribution in [0, 0.1) is 10.1 Å². The number of ether oxygens (including phenoxy) is 1. The Bertz CT molecular complexity index is 666. The summed E-state index contributed by atoms with van der Waals surface area (Å²) in [5, 5.41) is 15.9. The number of halogens is 1. The molecule has 1 heterocycles. The molecule has 0 spiro atoms. The van der Waals surface area contributed by atoms with Crippen LogP contribution in [-0.4, -0.2) is 29.4 Å². The van der Waals surface area contributed by atoms with Gasteiger partial charge in [0, 0.05) is 32.2 Å². The largest absolute Gasteiger partial charge is 0.360 e. The Morgan fingerprint density at radius 2 is 2.14 bits per heavy atom. The minimum absolute atomic E-state index is 0.0578. The van der Waals surface area contributed by atoms with Crippen LogP contribution in [0.3, 0.4) is 0 Å². The van der Waals surface area contributed by atoms with Crippen molar-refractivity contribution in [2.75, 3.05) is 6.61 Å². The van der Waals surface area contributed by atoms with E-state index in [0.717, 1.165) is 16.9 Å². The fourth-order valence-corrected chi connectivity index (χ4v) is 3.14. The lowest BCUT2D eigenvalue weighted by Gasteiger charge is -2.15. The molecule has 6 nitrogen and oxygen atoms in total. The predicted molar refractivity (Wildman–Crippen MR) is 88.2 cm³/mol. The fourth-order valence-electron chi connectivity index (χ4n) is 1.87. The van der Waals surface area contributed by atoms with Crippen molar-refractivity contribution in [2.45, 2.75) is 32.4 Å². The molecular formula is C13H18BrN3O3Si. The summed E-state index contributed by atoms with van der Waals surface area (Å²) < 4.78 is 7.98. The van der Waals surface area contributed by atoms with Crippen LogP contribution in [0.1, 0.15) is 0 Å². The van der Waals surface area contributed by atoms with E-state index in [-0.39, 0.29) is 5.69 Å². The first-order valence-electron chi connectivity index (χ1n) is 6.66. The van der Waals surface area contributed by atoms with Gasteiger partial charge in [0.2, 0.25) is 0 Å². The number of rotatable bonds is 6. The third-order valence-corrected chi connectivity index (χ3v) is 5.40. The molecule has 0 aliphatic heterocycles. The van der Waals surface area contributed by atoms with Crippen molar-refractivity contribution in [3.05, 3.63) is 32.9 Å². The van der Waals surface area contributed by atoms with Crippen LogP contribution in [0.2, 0.25) is 25.7 Å². The van der Waals surface area contributed by atoms with Gasteiger partial charge in [-0.05, 0) is 28.0 Å². The zero-order valence-corrected chi connectivity index (χ0v) is 14.9. The Kier molecular flexibility index (Phi) is 4.80. The van der Waals surface area contributed by atoms with Gasteiger partial charge >= 0.3 is 0 Å². The lowest BCUT2D eigenvalue weighted by molar-refractivity contribution is -0.384. The number of aromatic nitrogens is 2. The summed E-state index contributed by atoms with van der Waals surface area (Å²) in [5.74, 6) is 0. The molecule has 1 aromatic heterocycles. The number of fused-ring (bicyclic) bond motifs is 1. The maximum Gasteiger partial charge on any atom is 0.270 e. The second-order valence-electron chi connectivity index (χ2n) is 6.10. The van der Waals surface area contributed by atoms with Crippen molar-refractivity contribution < 1.29 is 9.66 Å². The average Bonchev–Trinajstić information content (AvgIpc) is 2.70. The van der Waals surface area contributed by atoms with Crippen LogP contribution < -0.4 is 0 Å². The minimum Gasteiger partial charge on any atom is -0.360 e. The molecule has 0 bridgehead atoms. The summed E-state index contributed by atoms with van der Waals surface area (Å²) in [7, 11) is -1.10. The summed E-state index contributed by atoms with van der Waals surface area (Å²) in [4.78, 5) is 10.4. The van der Waals surface area contributed by atoms with E-state index in [4.69, 9.17) is 4.74 Å². The quantitative estimate of drug-likeness (QED) is 0.332. The number of nitro groups is 1. The summed E-state index contributed by atoms with van der Waals surface area (Å²) in [6.07, 6.45) is 0. The topological polar surface area (TPSA) is 70.2 Å². The van der Waals surface area contributed by atoms with Gasteiger partial charge in [-0.15, -0.1) is 0 Å². The Balaban J connectivity index is 2.12. The van der Waals surface area contributed by atoms with E-state index in [1.165, 1.54) is 12.1 Å². The number of benzene rings is 1. The van der Waals surface area contributed by atoms with Gasteiger partial charge in [-0.25, -0.2) is 4.68 Å². The van der Waals surface area contributed by atoms with Crippen LogP contribution in [0.5, 0.6) is 0 Å². The van der Waals surface area contributed by atoms with Gasteiger partial charge in [0.1, 0.15) is 11.3 Å². The summed E-state index contributed by atoms with van der Waals surface area (Å²) >= 11 is 3.34. The lowest BCUT2D eigenvalue weighted by atomic mass is 10.2. The molecule has 8 heteroatoms. The maximum absolute atomic E-state index is 10.8. The lowest BCUT2D eigenvalue weighted by Crippen LogP contribution is -2.22. The van der Waals surface area contributed by atoms with E-state index in [1.807, 2.05) is 0 Å². The second kappa shape index (κ2) is 6.25. The molecule has 0 aliphatic rings. The van der Waals surface area contributed by atoms with Gasteiger partial charge in [-0.2, -0.15) is 5.10 Å². The molecule has 2 rings (SSSR count). The Hall–Kier alpha value is -1.25. The number of nitrogens with zero attached hydrogens (tertiary/aromatic N) is 3. The minimum atomic E-state index is -1.10. The summed E-state index contributed by atoms with van der Waals surface area (Å²) in [6, 6.07) is 5.80. The van der Waals surface area contributed by atoms with Gasteiger partial charge in [-0.1, -0.05) is 19.6 Å². The Labute approximate surface area is 132 Å². The number of non-ortho nitro benzene ring substituents is 1. The Morgan fingerprint density at radius 1 is 1.43 bits per heavy atom. The fraction of sp³-hybridized carbons (Fsp3) is 0.462. The maximum atomic E-state index is 10.8. The number of hydrogen-bond acceptors (Lipinski definition) is 4. The molecule has 0 N–H and O–H groups in total. The van der Waals surface area contributed by atoms with Gasteiger partial charge < -0.3 is 4.74 Å². The van der Waals surface area contributed by atoms with E-state index in [2.05, 4.69) is 40.7 Å². The molecule has 114 valence electrons. The monoisotopic (exact) mass is 371 g/mol. The van der Waals surface area contributed by atoms with Gasteiger partial charge in [0.25, 0.3) is 5.69 Å². The van der Waals surface area contributed by atoms with Crippen molar-refractivity contribution in [3.8, 4) is 0 Å². The SMILES string of the molecule is C[Si](C)(C)CCOCn1nc(Br)c2cc([N+](=O)[O-])ccc21.